The zero-order chi connectivity index (χ0) is 23.4. The predicted octanol–water partition coefficient (Wildman–Crippen LogP) is 1.78. The number of aromatic nitrogens is 3. The lowest BCUT2D eigenvalue weighted by atomic mass is 9.74. The SMILES string of the molecule is O=C(O)C(F)(F)F.O=C1CC(c2ccncc2)C2(CCN(C(=O)c3cnccn3)CC2)N1. The molecule has 2 aliphatic rings. The number of hydrogen-bond donors (Lipinski definition) is 2. The number of nitrogens with one attached hydrogen (secondary N) is 1. The fourth-order valence-corrected chi connectivity index (χ4v) is 3.98. The van der Waals surface area contributed by atoms with E-state index in [2.05, 4.69) is 20.3 Å². The molecule has 1 atom stereocenters. The highest BCUT2D eigenvalue weighted by Crippen LogP contribution is 2.43. The Morgan fingerprint density at radius 1 is 1.09 bits per heavy atom. The van der Waals surface area contributed by atoms with E-state index in [9.17, 15) is 22.8 Å². The van der Waals surface area contributed by atoms with E-state index >= 15 is 0 Å². The zero-order valence-corrected chi connectivity index (χ0v) is 16.7. The van der Waals surface area contributed by atoms with Gasteiger partial charge in [-0.15, -0.1) is 0 Å². The number of pyridine rings is 1. The van der Waals surface area contributed by atoms with Crippen LogP contribution in [-0.4, -0.2) is 67.5 Å². The quantitative estimate of drug-likeness (QED) is 0.713. The molecule has 2 aliphatic heterocycles. The molecule has 0 saturated carbocycles. The molecule has 0 aliphatic carbocycles. The number of amides is 2. The summed E-state index contributed by atoms with van der Waals surface area (Å²) in [5, 5.41) is 10.3. The summed E-state index contributed by atoms with van der Waals surface area (Å²) in [6, 6.07) is 3.95. The van der Waals surface area contributed by atoms with Gasteiger partial charge in [-0.3, -0.25) is 19.6 Å². The average molecular weight is 451 g/mol. The van der Waals surface area contributed by atoms with Crippen LogP contribution in [0, 0.1) is 0 Å². The first-order valence-electron chi connectivity index (χ1n) is 9.69. The average Bonchev–Trinajstić information content (AvgIpc) is 3.10. The highest BCUT2D eigenvalue weighted by atomic mass is 19.4. The van der Waals surface area contributed by atoms with Crippen LogP contribution >= 0.6 is 0 Å². The van der Waals surface area contributed by atoms with Gasteiger partial charge in [-0.1, -0.05) is 0 Å². The molecule has 2 aromatic rings. The van der Waals surface area contributed by atoms with E-state index in [0.29, 0.717) is 25.2 Å². The fourth-order valence-electron chi connectivity index (χ4n) is 3.98. The van der Waals surface area contributed by atoms with Gasteiger partial charge in [-0.25, -0.2) is 9.78 Å². The van der Waals surface area contributed by atoms with E-state index < -0.39 is 12.1 Å². The van der Waals surface area contributed by atoms with Crippen molar-refractivity contribution < 1.29 is 32.7 Å². The summed E-state index contributed by atoms with van der Waals surface area (Å²) in [7, 11) is 0. The Morgan fingerprint density at radius 3 is 2.25 bits per heavy atom. The van der Waals surface area contributed by atoms with E-state index in [1.165, 1.54) is 12.4 Å². The molecule has 32 heavy (non-hydrogen) atoms. The van der Waals surface area contributed by atoms with Crippen LogP contribution in [0.25, 0.3) is 0 Å². The minimum Gasteiger partial charge on any atom is -0.475 e. The number of carboxylic acid groups (broad SMARTS) is 1. The molecule has 4 heterocycles. The van der Waals surface area contributed by atoms with Crippen molar-refractivity contribution in [3.8, 4) is 0 Å². The highest BCUT2D eigenvalue weighted by Gasteiger charge is 2.49. The number of halogens is 3. The van der Waals surface area contributed by atoms with Gasteiger partial charge in [0.15, 0.2) is 0 Å². The minimum atomic E-state index is -5.08. The molecule has 1 unspecified atom stereocenters. The Labute approximate surface area is 180 Å². The molecular weight excluding hydrogens is 431 g/mol. The Morgan fingerprint density at radius 2 is 1.72 bits per heavy atom. The molecular formula is C20H20F3N5O4. The number of hydrogen-bond acceptors (Lipinski definition) is 6. The summed E-state index contributed by atoms with van der Waals surface area (Å²) < 4.78 is 31.7. The second-order valence-electron chi connectivity index (χ2n) is 7.43. The van der Waals surface area contributed by atoms with Crippen LogP contribution in [0.3, 0.4) is 0 Å². The lowest BCUT2D eigenvalue weighted by Gasteiger charge is -2.42. The number of aliphatic carboxylic acids is 1. The molecule has 2 amide bonds. The molecule has 4 rings (SSSR count). The number of alkyl halides is 3. The van der Waals surface area contributed by atoms with Gasteiger partial charge >= 0.3 is 12.1 Å². The van der Waals surface area contributed by atoms with E-state index in [-0.39, 0.29) is 23.3 Å². The standard InChI is InChI=1S/C18H19N5O2.C2HF3O2/c24-16-11-14(13-1-5-19-6-2-13)18(22-16)3-9-23(10-4-18)17(25)15-12-20-7-8-21-15;3-2(4,5)1(6)7/h1-2,5-8,12,14H,3-4,9-11H2,(H,22,24);(H,6,7). The van der Waals surface area contributed by atoms with E-state index in [1.807, 2.05) is 12.1 Å². The molecule has 12 heteroatoms. The van der Waals surface area contributed by atoms with Gasteiger partial charge in [0, 0.05) is 50.2 Å². The predicted molar refractivity (Wildman–Crippen MR) is 103 cm³/mol. The summed E-state index contributed by atoms with van der Waals surface area (Å²) in [6.07, 6.45) is 4.96. The third kappa shape index (κ3) is 5.18. The fraction of sp³-hybridized carbons (Fsp3) is 0.400. The number of carboxylic acids is 1. The lowest BCUT2D eigenvalue weighted by molar-refractivity contribution is -0.192. The molecule has 2 aromatic heterocycles. The number of rotatable bonds is 2. The molecule has 2 fully saturated rings. The van der Waals surface area contributed by atoms with Gasteiger partial charge in [0.05, 0.1) is 11.7 Å². The smallest absolute Gasteiger partial charge is 0.475 e. The molecule has 2 saturated heterocycles. The maximum Gasteiger partial charge on any atom is 0.490 e. The maximum absolute atomic E-state index is 12.5. The first-order valence-corrected chi connectivity index (χ1v) is 9.69. The Kier molecular flexibility index (Phi) is 6.70. The molecule has 170 valence electrons. The minimum absolute atomic E-state index is 0.0792. The van der Waals surface area contributed by atoms with Crippen molar-refractivity contribution in [2.24, 2.45) is 0 Å². The van der Waals surface area contributed by atoms with Gasteiger partial charge in [-0.05, 0) is 30.5 Å². The van der Waals surface area contributed by atoms with E-state index in [0.717, 1.165) is 18.4 Å². The molecule has 2 N–H and O–H groups in total. The van der Waals surface area contributed by atoms with Crippen LogP contribution in [0.2, 0.25) is 0 Å². The van der Waals surface area contributed by atoms with Gasteiger partial charge in [-0.2, -0.15) is 13.2 Å². The van der Waals surface area contributed by atoms with Crippen molar-refractivity contribution in [3.05, 3.63) is 54.4 Å². The highest BCUT2D eigenvalue weighted by molar-refractivity contribution is 5.92. The van der Waals surface area contributed by atoms with Crippen molar-refractivity contribution in [1.29, 1.82) is 0 Å². The lowest BCUT2D eigenvalue weighted by Crippen LogP contribution is -2.54. The Hall–Kier alpha value is -3.57. The summed E-state index contributed by atoms with van der Waals surface area (Å²) in [4.78, 5) is 47.5. The van der Waals surface area contributed by atoms with Crippen molar-refractivity contribution in [3.63, 3.8) is 0 Å². The summed E-state index contributed by atoms with van der Waals surface area (Å²) in [6.45, 7) is 1.19. The Balaban J connectivity index is 0.000000360. The topological polar surface area (TPSA) is 125 Å². The van der Waals surface area contributed by atoms with Crippen LogP contribution in [0.15, 0.2) is 43.1 Å². The second kappa shape index (κ2) is 9.28. The molecule has 9 nitrogen and oxygen atoms in total. The van der Waals surface area contributed by atoms with E-state index in [1.54, 1.807) is 23.5 Å². The molecule has 0 aromatic carbocycles. The van der Waals surface area contributed by atoms with Gasteiger partial charge in [0.25, 0.3) is 5.91 Å². The number of piperidine rings is 1. The van der Waals surface area contributed by atoms with Gasteiger partial charge in [0.2, 0.25) is 5.91 Å². The van der Waals surface area contributed by atoms with Crippen molar-refractivity contribution >= 4 is 17.8 Å². The monoisotopic (exact) mass is 451 g/mol. The van der Waals surface area contributed by atoms with E-state index in [4.69, 9.17) is 9.90 Å². The maximum atomic E-state index is 12.5. The van der Waals surface area contributed by atoms with Crippen LogP contribution in [0.1, 0.15) is 41.2 Å². The van der Waals surface area contributed by atoms with Crippen LogP contribution in [0.5, 0.6) is 0 Å². The summed E-state index contributed by atoms with van der Waals surface area (Å²) in [5.74, 6) is -2.66. The molecule has 0 radical (unpaired) electrons. The Bertz CT molecular complexity index is 964. The largest absolute Gasteiger partial charge is 0.490 e. The number of carbonyl (C=O) groups is 3. The summed E-state index contributed by atoms with van der Waals surface area (Å²) in [5.41, 5.74) is 1.21. The van der Waals surface area contributed by atoms with Crippen molar-refractivity contribution in [2.75, 3.05) is 13.1 Å². The van der Waals surface area contributed by atoms with Gasteiger partial charge in [0.1, 0.15) is 5.69 Å². The van der Waals surface area contributed by atoms with Crippen LogP contribution < -0.4 is 5.32 Å². The van der Waals surface area contributed by atoms with Crippen molar-refractivity contribution in [1.82, 2.24) is 25.2 Å². The number of carbonyl (C=O) groups excluding carboxylic acids is 2. The first kappa shape index (κ1) is 23.1. The zero-order valence-electron chi connectivity index (χ0n) is 16.7. The molecule has 0 bridgehead atoms. The van der Waals surface area contributed by atoms with Gasteiger partial charge < -0.3 is 15.3 Å². The number of nitrogens with zero attached hydrogens (tertiary/aromatic N) is 4. The molecule has 1 spiro atoms. The third-order valence-corrected chi connectivity index (χ3v) is 5.52. The second-order valence-corrected chi connectivity index (χ2v) is 7.43. The van der Waals surface area contributed by atoms with Crippen LogP contribution in [-0.2, 0) is 9.59 Å². The summed E-state index contributed by atoms with van der Waals surface area (Å²) >= 11 is 0. The third-order valence-electron chi connectivity index (χ3n) is 5.52. The normalized spacial score (nSPS) is 19.7. The van der Waals surface area contributed by atoms with Crippen molar-refractivity contribution in [2.45, 2.75) is 36.9 Å². The number of likely N-dealkylation sites (tertiary alicyclic amines) is 1. The first-order chi connectivity index (χ1) is 15.1. The van der Waals surface area contributed by atoms with Crippen LogP contribution in [0.4, 0.5) is 13.2 Å².